The van der Waals surface area contributed by atoms with Crippen LogP contribution in [0.1, 0.15) is 38.3 Å². The van der Waals surface area contributed by atoms with Crippen LogP contribution < -0.4 is 5.32 Å². The molecule has 1 atom stereocenters. The maximum atomic E-state index is 12.2. The van der Waals surface area contributed by atoms with Gasteiger partial charge in [-0.3, -0.25) is 0 Å². The van der Waals surface area contributed by atoms with Crippen LogP contribution >= 0.6 is 15.9 Å². The molecule has 18 heavy (non-hydrogen) atoms. The Morgan fingerprint density at radius 2 is 2.11 bits per heavy atom. The molecule has 0 aromatic heterocycles. The average Bonchev–Trinajstić information content (AvgIpc) is 2.36. The molecule has 0 spiro atoms. The summed E-state index contributed by atoms with van der Waals surface area (Å²) in [6, 6.07) is 5.90. The van der Waals surface area contributed by atoms with Gasteiger partial charge in [-0.25, -0.2) is 8.42 Å². The minimum atomic E-state index is -3.12. The third kappa shape index (κ3) is 2.95. The van der Waals surface area contributed by atoms with E-state index in [2.05, 4.69) is 35.1 Å². The molecule has 5 heteroatoms. The lowest BCUT2D eigenvalue weighted by Gasteiger charge is -2.21. The summed E-state index contributed by atoms with van der Waals surface area (Å²) in [7, 11) is -3.12. The fraction of sp³-hybridized carbons (Fsp3) is 0.538. The summed E-state index contributed by atoms with van der Waals surface area (Å²) in [6.45, 7) is 4.16. The first-order valence-corrected chi connectivity index (χ1v) is 8.63. The Morgan fingerprint density at radius 3 is 2.78 bits per heavy atom. The number of benzene rings is 1. The van der Waals surface area contributed by atoms with Crippen LogP contribution in [-0.2, 0) is 9.84 Å². The van der Waals surface area contributed by atoms with E-state index in [1.165, 1.54) is 0 Å². The second-order valence-electron chi connectivity index (χ2n) is 5.02. The number of hydrogen-bond donors (Lipinski definition) is 1. The van der Waals surface area contributed by atoms with Crippen LogP contribution in [0.15, 0.2) is 27.6 Å². The molecule has 0 amide bonds. The monoisotopic (exact) mass is 331 g/mol. The minimum absolute atomic E-state index is 0.120. The van der Waals surface area contributed by atoms with Gasteiger partial charge < -0.3 is 5.32 Å². The van der Waals surface area contributed by atoms with Gasteiger partial charge in [0.25, 0.3) is 0 Å². The molecule has 0 aliphatic carbocycles. The molecule has 3 nitrogen and oxygen atoms in total. The maximum absolute atomic E-state index is 12.2. The Kier molecular flexibility index (Phi) is 4.14. The van der Waals surface area contributed by atoms with E-state index in [0.717, 1.165) is 16.5 Å². The zero-order valence-electron chi connectivity index (χ0n) is 10.6. The van der Waals surface area contributed by atoms with Gasteiger partial charge in [0.05, 0.1) is 10.6 Å². The number of sulfone groups is 1. The molecule has 1 aliphatic heterocycles. The van der Waals surface area contributed by atoms with Gasteiger partial charge in [0.15, 0.2) is 9.84 Å². The Hall–Kier alpha value is -0.390. The van der Waals surface area contributed by atoms with Gasteiger partial charge in [0.2, 0.25) is 0 Å². The van der Waals surface area contributed by atoms with Crippen LogP contribution in [0.25, 0.3) is 0 Å². The van der Waals surface area contributed by atoms with Crippen molar-refractivity contribution >= 4 is 25.8 Å². The number of hydrogen-bond acceptors (Lipinski definition) is 3. The highest BCUT2D eigenvalue weighted by atomic mass is 79.9. The first-order valence-electron chi connectivity index (χ1n) is 6.18. The normalized spacial score (nSPS) is 22.6. The molecule has 0 saturated carbocycles. The smallest absolute Gasteiger partial charge is 0.178 e. The number of rotatable bonds is 2. The van der Waals surface area contributed by atoms with E-state index in [1.807, 2.05) is 6.07 Å². The molecule has 1 N–H and O–H groups in total. The van der Waals surface area contributed by atoms with Gasteiger partial charge in [-0.15, -0.1) is 0 Å². The molecule has 1 heterocycles. The minimum Gasteiger partial charge on any atom is -0.308 e. The van der Waals surface area contributed by atoms with Crippen molar-refractivity contribution in [3.8, 4) is 0 Å². The van der Waals surface area contributed by atoms with E-state index in [-0.39, 0.29) is 11.8 Å². The van der Waals surface area contributed by atoms with E-state index in [1.54, 1.807) is 12.1 Å². The van der Waals surface area contributed by atoms with Crippen molar-refractivity contribution < 1.29 is 8.42 Å². The first kappa shape index (κ1) is 14.0. The number of nitrogens with one attached hydrogen (secondary N) is 1. The molecule has 0 fully saturated rings. The third-order valence-corrected chi connectivity index (χ3v) is 5.48. The molecule has 2 rings (SSSR count). The lowest BCUT2D eigenvalue weighted by Crippen LogP contribution is -2.28. The molecule has 100 valence electrons. The second-order valence-corrected chi connectivity index (χ2v) is 8.01. The predicted molar refractivity (Wildman–Crippen MR) is 76.4 cm³/mol. The Bertz CT molecular complexity index is 540. The van der Waals surface area contributed by atoms with Crippen LogP contribution in [0.2, 0.25) is 0 Å². The molecule has 1 unspecified atom stereocenters. The fourth-order valence-electron chi connectivity index (χ4n) is 2.39. The maximum Gasteiger partial charge on any atom is 0.178 e. The first-order chi connectivity index (χ1) is 8.40. The van der Waals surface area contributed by atoms with Gasteiger partial charge in [0, 0.05) is 16.6 Å². The van der Waals surface area contributed by atoms with Crippen molar-refractivity contribution in [1.82, 2.24) is 5.32 Å². The molecule has 1 aromatic rings. The highest BCUT2D eigenvalue weighted by molar-refractivity contribution is 9.10. The average molecular weight is 332 g/mol. The SMILES string of the molecule is CC(C)NC1CCCS(=O)(=O)c2ccc(Br)cc21. The summed E-state index contributed by atoms with van der Waals surface area (Å²) in [4.78, 5) is 0.487. The zero-order valence-corrected chi connectivity index (χ0v) is 13.0. The van der Waals surface area contributed by atoms with E-state index < -0.39 is 9.84 Å². The lowest BCUT2D eigenvalue weighted by atomic mass is 10.0. The van der Waals surface area contributed by atoms with Gasteiger partial charge in [-0.05, 0) is 36.6 Å². The van der Waals surface area contributed by atoms with Gasteiger partial charge >= 0.3 is 0 Å². The summed E-state index contributed by atoms with van der Waals surface area (Å²) in [5.41, 5.74) is 0.899. The quantitative estimate of drug-likeness (QED) is 0.905. The predicted octanol–water partition coefficient (Wildman–Crippen LogP) is 3.06. The molecule has 0 radical (unpaired) electrons. The largest absolute Gasteiger partial charge is 0.308 e. The summed E-state index contributed by atoms with van der Waals surface area (Å²) < 4.78 is 25.3. The summed E-state index contributed by atoms with van der Waals surface area (Å²) >= 11 is 3.42. The van der Waals surface area contributed by atoms with Gasteiger partial charge in [0.1, 0.15) is 0 Å². The Balaban J connectivity index is 2.52. The topological polar surface area (TPSA) is 46.2 Å². The third-order valence-electron chi connectivity index (χ3n) is 3.12. The summed E-state index contributed by atoms with van der Waals surface area (Å²) in [6.07, 6.45) is 1.57. The van der Waals surface area contributed by atoms with Crippen LogP contribution in [0.4, 0.5) is 0 Å². The van der Waals surface area contributed by atoms with Crippen molar-refractivity contribution in [3.05, 3.63) is 28.2 Å². The molecular formula is C13H18BrNO2S. The molecule has 1 aliphatic rings. The van der Waals surface area contributed by atoms with Crippen molar-refractivity contribution in [2.75, 3.05) is 5.75 Å². The highest BCUT2D eigenvalue weighted by Crippen LogP contribution is 2.33. The molecule has 0 bridgehead atoms. The standard InChI is InChI=1S/C13H18BrNO2S/c1-9(2)15-12-4-3-7-18(16,17)13-6-5-10(14)8-11(12)13/h5-6,8-9,12,15H,3-4,7H2,1-2H3. The van der Waals surface area contributed by atoms with Gasteiger partial charge in [-0.2, -0.15) is 0 Å². The Labute approximate surface area is 117 Å². The summed E-state index contributed by atoms with van der Waals surface area (Å²) in [5.74, 6) is 0.248. The van der Waals surface area contributed by atoms with Crippen molar-refractivity contribution in [3.63, 3.8) is 0 Å². The molecule has 1 aromatic carbocycles. The highest BCUT2D eigenvalue weighted by Gasteiger charge is 2.27. The fourth-order valence-corrected chi connectivity index (χ4v) is 4.37. The molecule has 0 saturated heterocycles. The van der Waals surface area contributed by atoms with E-state index in [9.17, 15) is 8.42 Å². The van der Waals surface area contributed by atoms with Crippen molar-refractivity contribution in [1.29, 1.82) is 0 Å². The van der Waals surface area contributed by atoms with Crippen LogP contribution in [0.3, 0.4) is 0 Å². The van der Waals surface area contributed by atoms with Crippen LogP contribution in [0.5, 0.6) is 0 Å². The molecular weight excluding hydrogens is 314 g/mol. The second kappa shape index (κ2) is 5.31. The zero-order chi connectivity index (χ0) is 13.3. The number of halogens is 1. The van der Waals surface area contributed by atoms with E-state index in [0.29, 0.717) is 17.4 Å². The Morgan fingerprint density at radius 1 is 1.39 bits per heavy atom. The van der Waals surface area contributed by atoms with Crippen molar-refractivity contribution in [2.24, 2.45) is 0 Å². The van der Waals surface area contributed by atoms with Crippen LogP contribution in [0, 0.1) is 0 Å². The van der Waals surface area contributed by atoms with E-state index in [4.69, 9.17) is 0 Å². The van der Waals surface area contributed by atoms with E-state index >= 15 is 0 Å². The number of fused-ring (bicyclic) bond motifs is 1. The summed E-state index contributed by atoms with van der Waals surface area (Å²) in [5, 5.41) is 3.46. The van der Waals surface area contributed by atoms with Crippen LogP contribution in [-0.4, -0.2) is 20.2 Å². The van der Waals surface area contributed by atoms with Gasteiger partial charge in [-0.1, -0.05) is 29.8 Å². The van der Waals surface area contributed by atoms with Crippen molar-refractivity contribution in [2.45, 2.75) is 43.7 Å². The lowest BCUT2D eigenvalue weighted by molar-refractivity contribution is 0.447.